The Morgan fingerprint density at radius 1 is 1.12 bits per heavy atom. The molecule has 25 heavy (non-hydrogen) atoms. The van der Waals surface area contributed by atoms with E-state index < -0.39 is 0 Å². The zero-order valence-corrected chi connectivity index (χ0v) is 14.7. The van der Waals surface area contributed by atoms with Crippen molar-refractivity contribution in [3.8, 4) is 23.2 Å². The number of nitrogens with zero attached hydrogens (tertiary/aromatic N) is 3. The largest absolute Gasteiger partial charge is 0.493 e. The van der Waals surface area contributed by atoms with Crippen LogP contribution in [0.15, 0.2) is 53.7 Å². The van der Waals surface area contributed by atoms with Gasteiger partial charge in [0, 0.05) is 11.3 Å². The lowest BCUT2D eigenvalue weighted by atomic mass is 10.1. The molecule has 0 spiro atoms. The smallest absolute Gasteiger partial charge is 0.208 e. The predicted molar refractivity (Wildman–Crippen MR) is 98.6 cm³/mol. The molecule has 0 aliphatic heterocycles. The average molecular weight is 350 g/mol. The molecule has 0 radical (unpaired) electrons. The lowest BCUT2D eigenvalue weighted by Crippen LogP contribution is -2.00. The average Bonchev–Trinajstić information content (AvgIpc) is 3.15. The Kier molecular flexibility index (Phi) is 5.70. The minimum atomic E-state index is 0.547. The standard InChI is InChI=1S/C19H18N4OS/c1-2-14-3-7-16(8-4-14)18-21-19(23-22-18)25-12-11-24-17-9-5-15(13-20)6-10-17/h3-10H,2,11-12H2,1H3,(H,21,22,23). The molecule has 1 heterocycles. The first kappa shape index (κ1) is 17.1. The Morgan fingerprint density at radius 3 is 2.56 bits per heavy atom. The molecule has 2 aromatic carbocycles. The number of ether oxygens (including phenoxy) is 1. The second-order valence-electron chi connectivity index (χ2n) is 5.35. The summed E-state index contributed by atoms with van der Waals surface area (Å²) in [4.78, 5) is 4.51. The molecule has 6 heteroatoms. The second kappa shape index (κ2) is 8.36. The first-order chi connectivity index (χ1) is 12.3. The van der Waals surface area contributed by atoms with Crippen LogP contribution in [0.3, 0.4) is 0 Å². The summed E-state index contributed by atoms with van der Waals surface area (Å²) < 4.78 is 5.65. The van der Waals surface area contributed by atoms with Gasteiger partial charge in [-0.15, -0.1) is 5.10 Å². The molecule has 0 saturated heterocycles. The Hall–Kier alpha value is -2.78. The highest BCUT2D eigenvalue weighted by molar-refractivity contribution is 7.99. The molecular formula is C19H18N4OS. The van der Waals surface area contributed by atoms with Crippen LogP contribution >= 0.6 is 11.8 Å². The van der Waals surface area contributed by atoms with Crippen molar-refractivity contribution in [1.82, 2.24) is 15.2 Å². The van der Waals surface area contributed by atoms with Crippen LogP contribution in [0.2, 0.25) is 0 Å². The second-order valence-corrected chi connectivity index (χ2v) is 6.41. The number of thioether (sulfide) groups is 1. The molecule has 3 rings (SSSR count). The van der Waals surface area contributed by atoms with Gasteiger partial charge in [-0.2, -0.15) is 5.26 Å². The number of rotatable bonds is 7. The third-order valence-corrected chi connectivity index (χ3v) is 4.48. The fourth-order valence-corrected chi connectivity index (χ4v) is 2.87. The van der Waals surface area contributed by atoms with Gasteiger partial charge >= 0.3 is 0 Å². The third-order valence-electron chi connectivity index (χ3n) is 3.67. The Balaban J connectivity index is 1.48. The van der Waals surface area contributed by atoms with Gasteiger partial charge in [0.2, 0.25) is 5.16 Å². The lowest BCUT2D eigenvalue weighted by molar-refractivity contribution is 0.344. The lowest BCUT2D eigenvalue weighted by Gasteiger charge is -2.04. The number of nitrogens with one attached hydrogen (secondary N) is 1. The van der Waals surface area contributed by atoms with Crippen LogP contribution in [0.4, 0.5) is 0 Å². The van der Waals surface area contributed by atoms with Crippen molar-refractivity contribution in [2.45, 2.75) is 18.5 Å². The quantitative estimate of drug-likeness (QED) is 0.513. The van der Waals surface area contributed by atoms with Crippen LogP contribution < -0.4 is 4.74 Å². The highest BCUT2D eigenvalue weighted by Crippen LogP contribution is 2.20. The molecule has 0 aliphatic rings. The number of benzene rings is 2. The molecule has 0 atom stereocenters. The number of aromatic nitrogens is 3. The minimum Gasteiger partial charge on any atom is -0.493 e. The maximum absolute atomic E-state index is 8.77. The third kappa shape index (κ3) is 4.61. The number of aryl methyl sites for hydroxylation is 1. The molecule has 0 amide bonds. The van der Waals surface area contributed by atoms with E-state index in [0.717, 1.165) is 29.3 Å². The molecule has 0 bridgehead atoms. The van der Waals surface area contributed by atoms with Crippen molar-refractivity contribution < 1.29 is 4.74 Å². The summed E-state index contributed by atoms with van der Waals surface area (Å²) in [6.45, 7) is 2.68. The van der Waals surface area contributed by atoms with Crippen LogP contribution in [0.1, 0.15) is 18.1 Å². The number of aromatic amines is 1. The summed E-state index contributed by atoms with van der Waals surface area (Å²) in [5.74, 6) is 2.27. The van der Waals surface area contributed by atoms with Gasteiger partial charge in [-0.1, -0.05) is 43.0 Å². The van der Waals surface area contributed by atoms with Gasteiger partial charge in [0.05, 0.1) is 18.2 Å². The monoisotopic (exact) mass is 350 g/mol. The maximum Gasteiger partial charge on any atom is 0.208 e. The maximum atomic E-state index is 8.77. The number of hydrogen-bond acceptors (Lipinski definition) is 5. The highest BCUT2D eigenvalue weighted by atomic mass is 32.2. The molecule has 0 unspecified atom stereocenters. The fraction of sp³-hybridized carbons (Fsp3) is 0.211. The zero-order valence-electron chi connectivity index (χ0n) is 13.9. The van der Waals surface area contributed by atoms with Gasteiger partial charge in [-0.25, -0.2) is 4.98 Å². The number of nitriles is 1. The molecule has 1 aromatic heterocycles. The normalized spacial score (nSPS) is 10.4. The van der Waals surface area contributed by atoms with Gasteiger partial charge in [-0.05, 0) is 36.2 Å². The molecule has 0 aliphatic carbocycles. The number of hydrogen-bond donors (Lipinski definition) is 1. The molecule has 0 saturated carbocycles. The summed E-state index contributed by atoms with van der Waals surface area (Å²) in [7, 11) is 0. The van der Waals surface area contributed by atoms with E-state index in [1.807, 2.05) is 0 Å². The van der Waals surface area contributed by atoms with E-state index in [-0.39, 0.29) is 0 Å². The molecular weight excluding hydrogens is 332 g/mol. The van der Waals surface area contributed by atoms with Crippen molar-refractivity contribution in [2.75, 3.05) is 12.4 Å². The predicted octanol–water partition coefficient (Wildman–Crippen LogP) is 4.08. The van der Waals surface area contributed by atoms with Gasteiger partial charge in [-0.3, -0.25) is 5.10 Å². The topological polar surface area (TPSA) is 74.6 Å². The Labute approximate surface area is 151 Å². The number of H-pyrrole nitrogens is 1. The molecule has 0 fully saturated rings. The first-order valence-electron chi connectivity index (χ1n) is 8.06. The molecule has 3 aromatic rings. The fourth-order valence-electron chi connectivity index (χ4n) is 2.26. The van der Waals surface area contributed by atoms with Crippen LogP contribution in [0, 0.1) is 11.3 Å². The van der Waals surface area contributed by atoms with E-state index in [0.29, 0.717) is 17.3 Å². The van der Waals surface area contributed by atoms with Gasteiger partial charge in [0.1, 0.15) is 5.75 Å². The van der Waals surface area contributed by atoms with E-state index in [9.17, 15) is 0 Å². The van der Waals surface area contributed by atoms with Crippen molar-refractivity contribution in [1.29, 1.82) is 5.26 Å². The van der Waals surface area contributed by atoms with Crippen LogP contribution in [-0.2, 0) is 6.42 Å². The van der Waals surface area contributed by atoms with Crippen LogP contribution in [0.25, 0.3) is 11.4 Å². The van der Waals surface area contributed by atoms with Gasteiger partial charge < -0.3 is 4.74 Å². The van der Waals surface area contributed by atoms with Gasteiger partial charge in [0.15, 0.2) is 5.82 Å². The van der Waals surface area contributed by atoms with E-state index in [2.05, 4.69) is 52.4 Å². The van der Waals surface area contributed by atoms with Crippen molar-refractivity contribution in [2.24, 2.45) is 0 Å². The Morgan fingerprint density at radius 2 is 1.88 bits per heavy atom. The summed E-state index contributed by atoms with van der Waals surface area (Å²) >= 11 is 1.54. The van der Waals surface area contributed by atoms with Crippen molar-refractivity contribution in [3.05, 3.63) is 59.7 Å². The summed E-state index contributed by atoms with van der Waals surface area (Å²) in [6.07, 6.45) is 1.02. The van der Waals surface area contributed by atoms with Gasteiger partial charge in [0.25, 0.3) is 0 Å². The molecule has 1 N–H and O–H groups in total. The van der Waals surface area contributed by atoms with Crippen molar-refractivity contribution >= 4 is 11.8 Å². The van der Waals surface area contributed by atoms with E-state index >= 15 is 0 Å². The van der Waals surface area contributed by atoms with Crippen LogP contribution in [0.5, 0.6) is 5.75 Å². The molecule has 126 valence electrons. The SMILES string of the molecule is CCc1ccc(-c2nc(SCCOc3ccc(C#N)cc3)n[nH]2)cc1. The molecule has 5 nitrogen and oxygen atoms in total. The first-order valence-corrected chi connectivity index (χ1v) is 9.04. The zero-order chi connectivity index (χ0) is 17.5. The Bertz CT molecular complexity index is 850. The summed E-state index contributed by atoms with van der Waals surface area (Å²) in [5, 5.41) is 16.7. The highest BCUT2D eigenvalue weighted by Gasteiger charge is 2.06. The summed E-state index contributed by atoms with van der Waals surface area (Å²) in [5.41, 5.74) is 2.96. The van der Waals surface area contributed by atoms with E-state index in [1.165, 1.54) is 17.3 Å². The van der Waals surface area contributed by atoms with Crippen molar-refractivity contribution in [3.63, 3.8) is 0 Å². The van der Waals surface area contributed by atoms with Crippen LogP contribution in [-0.4, -0.2) is 27.5 Å². The minimum absolute atomic E-state index is 0.547. The van der Waals surface area contributed by atoms with E-state index in [4.69, 9.17) is 10.00 Å². The van der Waals surface area contributed by atoms with E-state index in [1.54, 1.807) is 24.3 Å². The summed E-state index contributed by atoms with van der Waals surface area (Å²) in [6, 6.07) is 17.5.